The van der Waals surface area contributed by atoms with Gasteiger partial charge in [-0.1, -0.05) is 11.6 Å². The highest BCUT2D eigenvalue weighted by atomic mass is 35.5. The van der Waals surface area contributed by atoms with Crippen molar-refractivity contribution in [2.45, 2.75) is 26.3 Å². The van der Waals surface area contributed by atoms with Crippen molar-refractivity contribution in [1.29, 1.82) is 0 Å². The Balaban J connectivity index is 1.56. The SMILES string of the molecule is Cc1cc2oc(=O)cc(CNc3ccc(N4CCCC4=O)cc3)c2cc1Cl. The van der Waals surface area contributed by atoms with Gasteiger partial charge in [0.25, 0.3) is 0 Å². The summed E-state index contributed by atoms with van der Waals surface area (Å²) < 4.78 is 5.29. The van der Waals surface area contributed by atoms with Gasteiger partial charge in [-0.15, -0.1) is 0 Å². The average Bonchev–Trinajstić information content (AvgIpc) is 3.07. The number of aryl methyl sites for hydroxylation is 1. The Bertz CT molecular complexity index is 1070. The van der Waals surface area contributed by atoms with Crippen molar-refractivity contribution in [2.24, 2.45) is 0 Å². The van der Waals surface area contributed by atoms with Crippen molar-refractivity contribution in [3.05, 3.63) is 69.0 Å². The lowest BCUT2D eigenvalue weighted by atomic mass is 10.1. The lowest BCUT2D eigenvalue weighted by Gasteiger charge is -2.16. The van der Waals surface area contributed by atoms with Gasteiger partial charge in [-0.3, -0.25) is 4.79 Å². The predicted octanol–water partition coefficient (Wildman–Crippen LogP) is 4.49. The third-order valence-corrected chi connectivity index (χ3v) is 5.25. The third-order valence-electron chi connectivity index (χ3n) is 4.84. The van der Waals surface area contributed by atoms with Crippen LogP contribution in [0.1, 0.15) is 24.0 Å². The molecule has 3 aromatic rings. The molecule has 6 heteroatoms. The molecule has 138 valence electrons. The molecule has 0 saturated carbocycles. The largest absolute Gasteiger partial charge is 0.423 e. The number of fused-ring (bicyclic) bond motifs is 1. The molecule has 0 spiro atoms. The van der Waals surface area contributed by atoms with E-state index in [9.17, 15) is 9.59 Å². The second-order valence-electron chi connectivity index (χ2n) is 6.74. The fraction of sp³-hybridized carbons (Fsp3) is 0.238. The van der Waals surface area contributed by atoms with Gasteiger partial charge in [-0.25, -0.2) is 4.79 Å². The molecule has 2 aromatic carbocycles. The Hall–Kier alpha value is -2.79. The van der Waals surface area contributed by atoms with Gasteiger partial charge in [0, 0.05) is 47.4 Å². The van der Waals surface area contributed by atoms with E-state index < -0.39 is 0 Å². The van der Waals surface area contributed by atoms with Gasteiger partial charge in [-0.05, 0) is 60.9 Å². The molecule has 1 fully saturated rings. The zero-order valence-electron chi connectivity index (χ0n) is 14.9. The van der Waals surface area contributed by atoms with Crippen molar-refractivity contribution in [2.75, 3.05) is 16.8 Å². The topological polar surface area (TPSA) is 62.6 Å². The van der Waals surface area contributed by atoms with E-state index in [1.165, 1.54) is 6.07 Å². The van der Waals surface area contributed by atoms with Crippen LogP contribution < -0.4 is 15.8 Å². The zero-order valence-corrected chi connectivity index (χ0v) is 15.7. The van der Waals surface area contributed by atoms with Crippen molar-refractivity contribution >= 4 is 39.9 Å². The molecule has 1 amide bonds. The number of amides is 1. The Morgan fingerprint density at radius 1 is 1.15 bits per heavy atom. The Kier molecular flexibility index (Phi) is 4.62. The van der Waals surface area contributed by atoms with Crippen LogP contribution in [-0.2, 0) is 11.3 Å². The number of hydrogen-bond donors (Lipinski definition) is 1. The molecule has 0 atom stereocenters. The van der Waals surface area contributed by atoms with Gasteiger partial charge in [0.2, 0.25) is 5.91 Å². The van der Waals surface area contributed by atoms with Crippen LogP contribution >= 0.6 is 11.6 Å². The number of rotatable bonds is 4. The molecule has 1 saturated heterocycles. The van der Waals surface area contributed by atoms with Crippen molar-refractivity contribution < 1.29 is 9.21 Å². The number of halogens is 1. The summed E-state index contributed by atoms with van der Waals surface area (Å²) in [5.74, 6) is 0.172. The minimum Gasteiger partial charge on any atom is -0.423 e. The summed E-state index contributed by atoms with van der Waals surface area (Å²) in [5, 5.41) is 4.77. The highest BCUT2D eigenvalue weighted by Gasteiger charge is 2.21. The normalized spacial score (nSPS) is 14.1. The fourth-order valence-electron chi connectivity index (χ4n) is 3.37. The van der Waals surface area contributed by atoms with Crippen LogP contribution in [0.3, 0.4) is 0 Å². The molecule has 0 unspecified atom stereocenters. The van der Waals surface area contributed by atoms with E-state index >= 15 is 0 Å². The van der Waals surface area contributed by atoms with Crippen LogP contribution in [0, 0.1) is 6.92 Å². The Morgan fingerprint density at radius 3 is 2.63 bits per heavy atom. The van der Waals surface area contributed by atoms with Gasteiger partial charge in [0.15, 0.2) is 0 Å². The second-order valence-corrected chi connectivity index (χ2v) is 7.14. The predicted molar refractivity (Wildman–Crippen MR) is 108 cm³/mol. The monoisotopic (exact) mass is 382 g/mol. The van der Waals surface area contributed by atoms with Gasteiger partial charge in [-0.2, -0.15) is 0 Å². The van der Waals surface area contributed by atoms with E-state index in [4.69, 9.17) is 16.0 Å². The number of nitrogens with zero attached hydrogens (tertiary/aromatic N) is 1. The number of nitrogens with one attached hydrogen (secondary N) is 1. The highest BCUT2D eigenvalue weighted by Crippen LogP contribution is 2.26. The fourth-order valence-corrected chi connectivity index (χ4v) is 3.54. The highest BCUT2D eigenvalue weighted by molar-refractivity contribution is 6.32. The first-order valence-electron chi connectivity index (χ1n) is 8.88. The summed E-state index contributed by atoms with van der Waals surface area (Å²) in [7, 11) is 0. The van der Waals surface area contributed by atoms with Crippen LogP contribution in [0.15, 0.2) is 51.7 Å². The lowest BCUT2D eigenvalue weighted by molar-refractivity contribution is -0.117. The van der Waals surface area contributed by atoms with Crippen molar-refractivity contribution in [3.8, 4) is 0 Å². The van der Waals surface area contributed by atoms with Crippen LogP contribution in [0.4, 0.5) is 11.4 Å². The van der Waals surface area contributed by atoms with Crippen molar-refractivity contribution in [1.82, 2.24) is 0 Å². The average molecular weight is 383 g/mol. The van der Waals surface area contributed by atoms with Crippen LogP contribution in [0.25, 0.3) is 11.0 Å². The minimum atomic E-state index is -0.385. The summed E-state index contributed by atoms with van der Waals surface area (Å²) in [4.78, 5) is 25.5. The summed E-state index contributed by atoms with van der Waals surface area (Å²) in [6.45, 7) is 3.11. The lowest BCUT2D eigenvalue weighted by Crippen LogP contribution is -2.23. The van der Waals surface area contributed by atoms with E-state index in [0.29, 0.717) is 23.6 Å². The van der Waals surface area contributed by atoms with Gasteiger partial charge in [0.05, 0.1) is 0 Å². The molecular formula is C21H19ClN2O3. The van der Waals surface area contributed by atoms with Gasteiger partial charge in [0.1, 0.15) is 5.58 Å². The van der Waals surface area contributed by atoms with Gasteiger partial charge >= 0.3 is 5.63 Å². The molecule has 1 aliphatic rings. The third kappa shape index (κ3) is 3.55. The van der Waals surface area contributed by atoms with E-state index in [1.54, 1.807) is 6.07 Å². The molecule has 5 nitrogen and oxygen atoms in total. The first-order valence-corrected chi connectivity index (χ1v) is 9.26. The first-order chi connectivity index (χ1) is 13.0. The number of anilines is 2. The van der Waals surface area contributed by atoms with Gasteiger partial charge < -0.3 is 14.6 Å². The van der Waals surface area contributed by atoms with E-state index in [0.717, 1.165) is 40.9 Å². The maximum absolute atomic E-state index is 11.9. The molecule has 27 heavy (non-hydrogen) atoms. The molecular weight excluding hydrogens is 364 g/mol. The molecule has 0 bridgehead atoms. The summed E-state index contributed by atoms with van der Waals surface area (Å²) in [5.41, 5.74) is 3.65. The Morgan fingerprint density at radius 2 is 1.93 bits per heavy atom. The number of carbonyl (C=O) groups excluding carboxylic acids is 1. The first kappa shape index (κ1) is 17.6. The number of carbonyl (C=O) groups is 1. The van der Waals surface area contributed by atoms with E-state index in [2.05, 4.69) is 5.32 Å². The minimum absolute atomic E-state index is 0.172. The number of benzene rings is 2. The molecule has 4 rings (SSSR count). The van der Waals surface area contributed by atoms with E-state index in [-0.39, 0.29) is 11.5 Å². The summed E-state index contributed by atoms with van der Waals surface area (Å²) in [6.07, 6.45) is 1.52. The molecule has 1 N–H and O–H groups in total. The summed E-state index contributed by atoms with van der Waals surface area (Å²) >= 11 is 6.24. The smallest absolute Gasteiger partial charge is 0.336 e. The molecule has 0 radical (unpaired) electrons. The zero-order chi connectivity index (χ0) is 19.0. The van der Waals surface area contributed by atoms with Crippen LogP contribution in [0.2, 0.25) is 5.02 Å². The molecule has 1 aromatic heterocycles. The van der Waals surface area contributed by atoms with Crippen LogP contribution in [-0.4, -0.2) is 12.5 Å². The van der Waals surface area contributed by atoms with Crippen molar-refractivity contribution in [3.63, 3.8) is 0 Å². The number of hydrogen-bond acceptors (Lipinski definition) is 4. The quantitative estimate of drug-likeness (QED) is 0.675. The molecule has 1 aliphatic heterocycles. The Labute approximate surface area is 161 Å². The van der Waals surface area contributed by atoms with Crippen LogP contribution in [0.5, 0.6) is 0 Å². The molecule has 2 heterocycles. The maximum atomic E-state index is 11.9. The maximum Gasteiger partial charge on any atom is 0.336 e. The van der Waals surface area contributed by atoms with E-state index in [1.807, 2.05) is 42.2 Å². The second kappa shape index (κ2) is 7.08. The standard InChI is InChI=1S/C21H19ClN2O3/c1-13-9-19-17(11-18(13)22)14(10-21(26)27-19)12-23-15-4-6-16(7-5-15)24-8-2-3-20(24)25/h4-7,9-11,23H,2-3,8,12H2,1H3. The summed E-state index contributed by atoms with van der Waals surface area (Å²) in [6, 6.07) is 12.8. The molecule has 0 aliphatic carbocycles.